The molecule has 34 heavy (non-hydrogen) atoms. The Balaban J connectivity index is 2.06. The van der Waals surface area contributed by atoms with Crippen molar-refractivity contribution in [2.75, 3.05) is 0 Å². The van der Waals surface area contributed by atoms with Crippen molar-refractivity contribution in [3.63, 3.8) is 0 Å². The van der Waals surface area contributed by atoms with Gasteiger partial charge in [-0.1, -0.05) is 102 Å². The van der Waals surface area contributed by atoms with E-state index in [9.17, 15) is 23.8 Å². The van der Waals surface area contributed by atoms with Crippen LogP contribution in [-0.2, 0) is 20.0 Å². The molecule has 2 aromatic rings. The van der Waals surface area contributed by atoms with Crippen LogP contribution in [-0.4, -0.2) is 19.6 Å². The van der Waals surface area contributed by atoms with E-state index in [1.807, 2.05) is 63.2 Å². The van der Waals surface area contributed by atoms with Gasteiger partial charge in [-0.3, -0.25) is 4.57 Å². The number of hydrogen-bond acceptors (Lipinski definition) is 3. The molecule has 1 aliphatic carbocycles. The molecule has 3 N–H and O–H groups in total. The Kier molecular flexibility index (Phi) is 7.00. The predicted molar refractivity (Wildman–Crippen MR) is 137 cm³/mol. The van der Waals surface area contributed by atoms with Crippen molar-refractivity contribution in [3.8, 4) is 5.75 Å². The van der Waals surface area contributed by atoms with Gasteiger partial charge in [-0.2, -0.15) is 0 Å². The Morgan fingerprint density at radius 1 is 0.882 bits per heavy atom. The Morgan fingerprint density at radius 3 is 1.97 bits per heavy atom. The van der Waals surface area contributed by atoms with E-state index in [-0.39, 0.29) is 17.6 Å². The van der Waals surface area contributed by atoms with E-state index in [1.165, 1.54) is 6.08 Å². The summed E-state index contributed by atoms with van der Waals surface area (Å²) in [5.74, 6) is 0.144. The maximum absolute atomic E-state index is 13.7. The molecule has 2 aromatic carbocycles. The summed E-state index contributed by atoms with van der Waals surface area (Å²) in [5.41, 5.74) is 2.69. The summed E-state index contributed by atoms with van der Waals surface area (Å²) >= 11 is 0. The second-order valence-corrected chi connectivity index (χ2v) is 15.1. The Bertz CT molecular complexity index is 1210. The van der Waals surface area contributed by atoms with Crippen LogP contribution in [0.5, 0.6) is 5.75 Å². The number of allylic oxidation sites excluding steroid dienone is 4. The van der Waals surface area contributed by atoms with E-state index in [1.54, 1.807) is 12.1 Å². The van der Waals surface area contributed by atoms with E-state index in [0.29, 0.717) is 5.56 Å². The molecule has 0 fully saturated rings. The van der Waals surface area contributed by atoms with Gasteiger partial charge in [0.15, 0.2) is 0 Å². The van der Waals surface area contributed by atoms with Crippen LogP contribution in [0.4, 0.5) is 0 Å². The molecule has 0 saturated carbocycles. The first-order valence-corrected chi connectivity index (χ1v) is 14.3. The Morgan fingerprint density at radius 2 is 1.50 bits per heavy atom. The monoisotopic (exact) mass is 504 g/mol. The highest BCUT2D eigenvalue weighted by Gasteiger charge is 2.61. The molecule has 2 unspecified atom stereocenters. The molecule has 0 amide bonds. The van der Waals surface area contributed by atoms with Gasteiger partial charge in [0, 0.05) is 5.56 Å². The third-order valence-corrected chi connectivity index (χ3v) is 10.8. The largest absolute Gasteiger partial charge is 0.423 e. The first-order chi connectivity index (χ1) is 15.5. The van der Waals surface area contributed by atoms with Crippen LogP contribution in [0.1, 0.15) is 64.7 Å². The number of rotatable bonds is 5. The molecule has 0 heterocycles. The van der Waals surface area contributed by atoms with Gasteiger partial charge in [-0.25, -0.2) is 4.57 Å². The summed E-state index contributed by atoms with van der Waals surface area (Å²) in [5, 5.41) is 0. The van der Waals surface area contributed by atoms with Crippen molar-refractivity contribution in [2.45, 2.75) is 63.7 Å². The lowest BCUT2D eigenvalue weighted by molar-refractivity contribution is 0.323. The third kappa shape index (κ3) is 5.17. The summed E-state index contributed by atoms with van der Waals surface area (Å²) in [6.07, 6.45) is 3.87. The lowest BCUT2D eigenvalue weighted by Crippen LogP contribution is -2.30. The van der Waals surface area contributed by atoms with Crippen LogP contribution in [0.2, 0.25) is 0 Å². The standard InChI is InChI=1S/C26H34O6P2/c1-24(2,3)21-12-13-23(22(18-21)25(4,5)6)32-34(30,31)26(33(27,28)29)16-14-20(15-17-26)19-10-8-7-9-11-19/h7-16,18H,17H2,1-6H3,(H,30,31)(H2,27,28,29). The van der Waals surface area contributed by atoms with Crippen molar-refractivity contribution in [1.82, 2.24) is 0 Å². The summed E-state index contributed by atoms with van der Waals surface area (Å²) in [4.78, 5) is 29.3. The zero-order chi connectivity index (χ0) is 25.6. The highest BCUT2D eigenvalue weighted by Crippen LogP contribution is 2.74. The van der Waals surface area contributed by atoms with Gasteiger partial charge >= 0.3 is 15.2 Å². The van der Waals surface area contributed by atoms with Gasteiger partial charge in [-0.05, 0) is 40.0 Å². The zero-order valence-electron chi connectivity index (χ0n) is 20.5. The van der Waals surface area contributed by atoms with E-state index in [2.05, 4.69) is 20.8 Å². The van der Waals surface area contributed by atoms with Gasteiger partial charge in [-0.15, -0.1) is 0 Å². The van der Waals surface area contributed by atoms with Gasteiger partial charge in [0.1, 0.15) is 5.75 Å². The van der Waals surface area contributed by atoms with Gasteiger partial charge in [0.05, 0.1) is 0 Å². The predicted octanol–water partition coefficient (Wildman–Crippen LogP) is 6.76. The van der Waals surface area contributed by atoms with E-state index < -0.39 is 25.5 Å². The molecule has 2 atom stereocenters. The summed E-state index contributed by atoms with van der Waals surface area (Å²) < 4.78 is 32.0. The van der Waals surface area contributed by atoms with Crippen molar-refractivity contribution in [3.05, 3.63) is 83.4 Å². The molecule has 1 aliphatic rings. The second kappa shape index (κ2) is 8.93. The molecule has 0 spiro atoms. The molecule has 0 bridgehead atoms. The molecule has 6 nitrogen and oxygen atoms in total. The summed E-state index contributed by atoms with van der Waals surface area (Å²) in [6.45, 7) is 12.1. The van der Waals surface area contributed by atoms with Crippen LogP contribution < -0.4 is 4.52 Å². The minimum absolute atomic E-state index is 0.144. The lowest BCUT2D eigenvalue weighted by atomic mass is 9.80. The topological polar surface area (TPSA) is 104 Å². The minimum Gasteiger partial charge on any atom is -0.423 e. The molecule has 0 saturated heterocycles. The third-order valence-electron chi connectivity index (χ3n) is 6.13. The summed E-state index contributed by atoms with van der Waals surface area (Å²) in [7, 11) is -10.0. The molecular weight excluding hydrogens is 470 g/mol. The van der Waals surface area contributed by atoms with Gasteiger partial charge in [0.25, 0.3) is 0 Å². The first-order valence-electron chi connectivity index (χ1n) is 11.2. The molecule has 8 heteroatoms. The fraction of sp³-hybridized carbons (Fsp3) is 0.385. The SMILES string of the molecule is CC(C)(C)c1ccc(OP(=O)(O)C2(P(=O)(O)O)C=CC(c3ccccc3)=CC2)c(C(C)(C)C)c1. The smallest absolute Gasteiger partial charge is 0.399 e. The normalized spacial score (nSPS) is 21.0. The zero-order valence-corrected chi connectivity index (χ0v) is 22.3. The lowest BCUT2D eigenvalue weighted by Gasteiger charge is -2.36. The van der Waals surface area contributed by atoms with Crippen LogP contribution in [0.15, 0.2) is 66.8 Å². The number of hydrogen-bond donors (Lipinski definition) is 3. The van der Waals surface area contributed by atoms with Gasteiger partial charge in [0.2, 0.25) is 4.90 Å². The first kappa shape index (κ1) is 26.7. The molecule has 0 aromatic heterocycles. The molecule has 184 valence electrons. The highest BCUT2D eigenvalue weighted by molar-refractivity contribution is 7.73. The molecule has 0 aliphatic heterocycles. The van der Waals surface area contributed by atoms with Crippen LogP contribution in [0.25, 0.3) is 5.57 Å². The molecular formula is C26H34O6P2. The Labute approximate surface area is 202 Å². The quantitative estimate of drug-likeness (QED) is 0.389. The summed E-state index contributed by atoms with van der Waals surface area (Å²) in [6, 6.07) is 14.7. The van der Waals surface area contributed by atoms with Gasteiger partial charge < -0.3 is 19.2 Å². The average molecular weight is 505 g/mol. The van der Waals surface area contributed by atoms with Crippen LogP contribution in [0, 0.1) is 0 Å². The Hall–Kier alpha value is -1.94. The maximum Gasteiger partial charge on any atom is 0.399 e. The van der Waals surface area contributed by atoms with Crippen molar-refractivity contribution >= 4 is 20.8 Å². The second-order valence-electron chi connectivity index (χ2n) is 10.8. The molecule has 3 rings (SSSR count). The van der Waals surface area contributed by atoms with Crippen molar-refractivity contribution < 1.29 is 28.3 Å². The van der Waals surface area contributed by atoms with E-state index in [0.717, 1.165) is 22.8 Å². The molecule has 0 radical (unpaired) electrons. The van der Waals surface area contributed by atoms with Crippen molar-refractivity contribution in [2.24, 2.45) is 0 Å². The minimum atomic E-state index is -5.11. The highest BCUT2D eigenvalue weighted by atomic mass is 31.2. The van der Waals surface area contributed by atoms with Crippen molar-refractivity contribution in [1.29, 1.82) is 0 Å². The fourth-order valence-electron chi connectivity index (χ4n) is 3.93. The van der Waals surface area contributed by atoms with E-state index >= 15 is 0 Å². The average Bonchev–Trinajstić information content (AvgIpc) is 2.72. The van der Waals surface area contributed by atoms with E-state index in [4.69, 9.17) is 4.52 Å². The number of benzene rings is 2. The fourth-order valence-corrected chi connectivity index (χ4v) is 7.14. The maximum atomic E-state index is 13.7. The van der Waals surface area contributed by atoms with Crippen LogP contribution >= 0.6 is 15.2 Å². The van der Waals surface area contributed by atoms with Crippen LogP contribution in [0.3, 0.4) is 0 Å².